The molecule has 1 atom stereocenters. The zero-order valence-corrected chi connectivity index (χ0v) is 17.7. The summed E-state index contributed by atoms with van der Waals surface area (Å²) in [5.41, 5.74) is 8.58. The van der Waals surface area contributed by atoms with Crippen molar-refractivity contribution in [1.29, 1.82) is 0 Å². The molecule has 0 bridgehead atoms. The highest BCUT2D eigenvalue weighted by Gasteiger charge is 2.45. The molecule has 9 heteroatoms. The van der Waals surface area contributed by atoms with E-state index in [-0.39, 0.29) is 6.02 Å². The van der Waals surface area contributed by atoms with E-state index in [9.17, 15) is 8.78 Å². The van der Waals surface area contributed by atoms with Crippen molar-refractivity contribution >= 4 is 6.02 Å². The molecular weight excluding hydrogens is 440 g/mol. The number of hydrogen-bond acceptors (Lipinski definition) is 7. The van der Waals surface area contributed by atoms with E-state index in [1.54, 1.807) is 36.5 Å². The SMILES string of the molecule is NC1=NC2(CCO1)c1cc(-c3cccnc3F)ccc1Oc1cnc(-c3ccnc(F)c3)cc12. The molecule has 168 valence electrons. The zero-order valence-electron chi connectivity index (χ0n) is 17.7. The summed E-state index contributed by atoms with van der Waals surface area (Å²) in [5, 5.41) is 0. The third-order valence-electron chi connectivity index (χ3n) is 6.07. The lowest BCUT2D eigenvalue weighted by Crippen LogP contribution is -2.38. The lowest BCUT2D eigenvalue weighted by atomic mass is 9.77. The van der Waals surface area contributed by atoms with Crippen molar-refractivity contribution in [3.8, 4) is 33.9 Å². The van der Waals surface area contributed by atoms with Crippen LogP contribution in [0.1, 0.15) is 17.5 Å². The summed E-state index contributed by atoms with van der Waals surface area (Å²) in [7, 11) is 0. The van der Waals surface area contributed by atoms with Crippen LogP contribution in [0.2, 0.25) is 0 Å². The summed E-state index contributed by atoms with van der Waals surface area (Å²) in [5.74, 6) is -0.118. The monoisotopic (exact) mass is 457 g/mol. The van der Waals surface area contributed by atoms with Gasteiger partial charge in [-0.05, 0) is 42.0 Å². The van der Waals surface area contributed by atoms with Crippen molar-refractivity contribution in [2.45, 2.75) is 12.0 Å². The van der Waals surface area contributed by atoms with Gasteiger partial charge in [-0.1, -0.05) is 6.07 Å². The van der Waals surface area contributed by atoms with E-state index in [4.69, 9.17) is 20.2 Å². The van der Waals surface area contributed by atoms with Crippen molar-refractivity contribution in [2.24, 2.45) is 10.7 Å². The average Bonchev–Trinajstić information content (AvgIpc) is 2.84. The first-order chi connectivity index (χ1) is 16.5. The fourth-order valence-electron chi connectivity index (χ4n) is 4.51. The smallest absolute Gasteiger partial charge is 0.283 e. The van der Waals surface area contributed by atoms with Gasteiger partial charge in [0.1, 0.15) is 11.3 Å². The van der Waals surface area contributed by atoms with Gasteiger partial charge in [0.2, 0.25) is 11.9 Å². The normalized spacial score (nSPS) is 18.4. The van der Waals surface area contributed by atoms with Crippen LogP contribution in [0.5, 0.6) is 11.5 Å². The highest BCUT2D eigenvalue weighted by Crippen LogP contribution is 2.53. The van der Waals surface area contributed by atoms with Crippen LogP contribution in [0.15, 0.2) is 72.1 Å². The van der Waals surface area contributed by atoms with Crippen molar-refractivity contribution in [3.05, 3.63) is 90.1 Å². The van der Waals surface area contributed by atoms with Gasteiger partial charge in [-0.2, -0.15) is 8.78 Å². The number of ether oxygens (including phenoxy) is 2. The molecular formula is C25H17F2N5O2. The first-order valence-electron chi connectivity index (χ1n) is 10.6. The second-order valence-electron chi connectivity index (χ2n) is 8.00. The quantitative estimate of drug-likeness (QED) is 0.443. The summed E-state index contributed by atoms with van der Waals surface area (Å²) >= 11 is 0. The second-order valence-corrected chi connectivity index (χ2v) is 8.00. The van der Waals surface area contributed by atoms with E-state index in [2.05, 4.69) is 15.0 Å². The highest BCUT2D eigenvalue weighted by atomic mass is 19.1. The Hall–Kier alpha value is -4.40. The van der Waals surface area contributed by atoms with Gasteiger partial charge in [0, 0.05) is 47.1 Å². The van der Waals surface area contributed by atoms with Gasteiger partial charge >= 0.3 is 0 Å². The fraction of sp³-hybridized carbons (Fsp3) is 0.120. The minimum Gasteiger partial charge on any atom is -0.465 e. The summed E-state index contributed by atoms with van der Waals surface area (Å²) in [6.07, 6.45) is 4.83. The Morgan fingerprint density at radius 1 is 0.882 bits per heavy atom. The number of benzene rings is 1. The van der Waals surface area contributed by atoms with Crippen LogP contribution >= 0.6 is 0 Å². The maximum Gasteiger partial charge on any atom is 0.283 e. The van der Waals surface area contributed by atoms with Crippen molar-refractivity contribution < 1.29 is 18.3 Å². The van der Waals surface area contributed by atoms with Gasteiger partial charge in [-0.15, -0.1) is 0 Å². The van der Waals surface area contributed by atoms with E-state index in [0.29, 0.717) is 58.0 Å². The minimum absolute atomic E-state index is 0.0383. The maximum absolute atomic E-state index is 14.5. The number of pyridine rings is 3. The first-order valence-corrected chi connectivity index (χ1v) is 10.6. The van der Waals surface area contributed by atoms with Crippen LogP contribution in [0.3, 0.4) is 0 Å². The Balaban J connectivity index is 1.58. The largest absolute Gasteiger partial charge is 0.465 e. The fourth-order valence-corrected chi connectivity index (χ4v) is 4.51. The first kappa shape index (κ1) is 20.2. The maximum atomic E-state index is 14.5. The molecule has 1 spiro atoms. The highest BCUT2D eigenvalue weighted by molar-refractivity contribution is 5.77. The van der Waals surface area contributed by atoms with Gasteiger partial charge in [0.05, 0.1) is 18.5 Å². The molecule has 2 aliphatic rings. The van der Waals surface area contributed by atoms with E-state index >= 15 is 0 Å². The standard InChI is InChI=1S/C25H17F2N5O2/c26-22-11-15(5-8-29-22)19-12-18-21(13-31-19)34-20-4-3-14(16-2-1-7-30-23(16)27)10-17(20)25(18)6-9-33-24(28)32-25/h1-5,7-8,10-13H,6,9H2,(H2,28,32). The summed E-state index contributed by atoms with van der Waals surface area (Å²) in [6.45, 7) is 0.321. The molecule has 5 heterocycles. The predicted molar refractivity (Wildman–Crippen MR) is 120 cm³/mol. The molecule has 0 amide bonds. The molecule has 1 aromatic carbocycles. The predicted octanol–water partition coefficient (Wildman–Crippen LogP) is 4.57. The van der Waals surface area contributed by atoms with Crippen LogP contribution in [0.4, 0.5) is 8.78 Å². The number of halogens is 2. The van der Waals surface area contributed by atoms with E-state index in [0.717, 1.165) is 0 Å². The summed E-state index contributed by atoms with van der Waals surface area (Å²) in [6, 6.07) is 13.6. The van der Waals surface area contributed by atoms with Gasteiger partial charge in [-0.25, -0.2) is 15.0 Å². The van der Waals surface area contributed by atoms with Gasteiger partial charge in [-0.3, -0.25) is 4.98 Å². The van der Waals surface area contributed by atoms with E-state index in [1.165, 1.54) is 18.5 Å². The number of nitrogens with zero attached hydrogens (tertiary/aromatic N) is 4. The number of hydrogen-bond donors (Lipinski definition) is 1. The number of amidine groups is 1. The molecule has 0 saturated carbocycles. The molecule has 0 radical (unpaired) electrons. The summed E-state index contributed by atoms with van der Waals surface area (Å²) < 4.78 is 39.8. The van der Waals surface area contributed by atoms with E-state index < -0.39 is 17.4 Å². The zero-order chi connectivity index (χ0) is 23.3. The lowest BCUT2D eigenvalue weighted by molar-refractivity contribution is 0.219. The topological polar surface area (TPSA) is 95.5 Å². The third kappa shape index (κ3) is 3.16. The molecule has 7 nitrogen and oxygen atoms in total. The number of fused-ring (bicyclic) bond motifs is 4. The Morgan fingerprint density at radius 2 is 1.76 bits per heavy atom. The lowest BCUT2D eigenvalue weighted by Gasteiger charge is -2.39. The minimum atomic E-state index is -0.955. The number of nitrogens with two attached hydrogens (primary N) is 1. The molecule has 4 aromatic rings. The Kier molecular flexibility index (Phi) is 4.51. The van der Waals surface area contributed by atoms with Crippen molar-refractivity contribution in [3.63, 3.8) is 0 Å². The van der Waals surface area contributed by atoms with Crippen molar-refractivity contribution in [2.75, 3.05) is 6.61 Å². The van der Waals surface area contributed by atoms with Crippen LogP contribution in [0.25, 0.3) is 22.4 Å². The van der Waals surface area contributed by atoms with Crippen LogP contribution in [-0.2, 0) is 10.3 Å². The molecule has 2 aliphatic heterocycles. The van der Waals surface area contributed by atoms with Crippen LogP contribution in [-0.4, -0.2) is 27.6 Å². The molecule has 1 unspecified atom stereocenters. The molecule has 2 N–H and O–H groups in total. The molecule has 34 heavy (non-hydrogen) atoms. The van der Waals surface area contributed by atoms with Crippen LogP contribution in [0, 0.1) is 11.9 Å². The number of aliphatic imine (C=N–C) groups is 1. The molecule has 3 aromatic heterocycles. The molecule has 0 fully saturated rings. The Bertz CT molecular complexity index is 1480. The average molecular weight is 457 g/mol. The number of aromatic nitrogens is 3. The Morgan fingerprint density at radius 3 is 2.59 bits per heavy atom. The Labute approximate surface area is 193 Å². The van der Waals surface area contributed by atoms with Gasteiger partial charge in [0.15, 0.2) is 5.75 Å². The van der Waals surface area contributed by atoms with Crippen LogP contribution < -0.4 is 10.5 Å². The van der Waals surface area contributed by atoms with Crippen molar-refractivity contribution in [1.82, 2.24) is 15.0 Å². The molecule has 0 saturated heterocycles. The van der Waals surface area contributed by atoms with Gasteiger partial charge in [0.25, 0.3) is 6.02 Å². The summed E-state index contributed by atoms with van der Waals surface area (Å²) in [4.78, 5) is 16.6. The molecule has 0 aliphatic carbocycles. The third-order valence-corrected chi connectivity index (χ3v) is 6.07. The molecule has 6 rings (SSSR count). The van der Waals surface area contributed by atoms with Gasteiger partial charge < -0.3 is 15.2 Å². The van der Waals surface area contributed by atoms with E-state index in [1.807, 2.05) is 12.1 Å². The second kappa shape index (κ2) is 7.58. The number of rotatable bonds is 2.